The summed E-state index contributed by atoms with van der Waals surface area (Å²) in [4.78, 5) is 12.1. The average Bonchev–Trinajstić information content (AvgIpc) is 2.67. The second-order valence-corrected chi connectivity index (χ2v) is 6.72. The van der Waals surface area contributed by atoms with Crippen LogP contribution in [0.15, 0.2) is 59.7 Å². The molecule has 1 atom stereocenters. The van der Waals surface area contributed by atoms with Crippen molar-refractivity contribution in [2.75, 3.05) is 6.61 Å². The molecule has 0 aliphatic carbocycles. The van der Waals surface area contributed by atoms with Crippen molar-refractivity contribution in [3.05, 3.63) is 65.7 Å². The van der Waals surface area contributed by atoms with Crippen molar-refractivity contribution in [1.82, 2.24) is 5.43 Å². The number of nitrogens with one attached hydrogen (secondary N) is 1. The van der Waals surface area contributed by atoms with E-state index in [9.17, 15) is 4.79 Å². The first kappa shape index (κ1) is 19.7. The van der Waals surface area contributed by atoms with E-state index >= 15 is 0 Å². The predicted octanol–water partition coefficient (Wildman–Crippen LogP) is 4.76. The highest BCUT2D eigenvalue weighted by Gasteiger charge is 2.10. The zero-order chi connectivity index (χ0) is 18.9. The van der Waals surface area contributed by atoms with Gasteiger partial charge in [-0.15, -0.1) is 0 Å². The second kappa shape index (κ2) is 9.76. The summed E-state index contributed by atoms with van der Waals surface area (Å²) in [6.45, 7) is 8.40. The van der Waals surface area contributed by atoms with Crippen LogP contribution in [0.5, 0.6) is 5.75 Å². The molecule has 0 bridgehead atoms. The molecule has 1 unspecified atom stereocenters. The Labute approximate surface area is 156 Å². The minimum Gasteiger partial charge on any atom is -0.484 e. The molecular weight excluding hydrogens is 324 g/mol. The number of carbonyl (C=O) groups excluding carboxylic acids is 1. The molecule has 0 radical (unpaired) electrons. The Morgan fingerprint density at radius 2 is 1.69 bits per heavy atom. The molecule has 138 valence electrons. The molecular formula is C22H28N2O2. The van der Waals surface area contributed by atoms with Gasteiger partial charge in [0.25, 0.3) is 5.91 Å². The van der Waals surface area contributed by atoms with Crippen LogP contribution in [0.3, 0.4) is 0 Å². The van der Waals surface area contributed by atoms with Crippen LogP contribution in [-0.4, -0.2) is 18.2 Å². The number of benzene rings is 2. The number of hydrogen-bond donors (Lipinski definition) is 1. The number of carbonyl (C=O) groups is 1. The second-order valence-electron chi connectivity index (χ2n) is 6.72. The van der Waals surface area contributed by atoms with Crippen molar-refractivity contribution in [1.29, 1.82) is 0 Å². The summed E-state index contributed by atoms with van der Waals surface area (Å²) in [7, 11) is 0. The lowest BCUT2D eigenvalue weighted by Crippen LogP contribution is -2.27. The van der Waals surface area contributed by atoms with Gasteiger partial charge < -0.3 is 4.74 Å². The fourth-order valence-corrected chi connectivity index (χ4v) is 2.57. The molecule has 0 saturated carbocycles. The maximum atomic E-state index is 12.1. The smallest absolute Gasteiger partial charge is 0.277 e. The van der Waals surface area contributed by atoms with Crippen molar-refractivity contribution < 1.29 is 9.53 Å². The molecule has 0 aromatic heterocycles. The molecule has 2 aromatic rings. The topological polar surface area (TPSA) is 50.7 Å². The molecule has 1 amide bonds. The lowest BCUT2D eigenvalue weighted by atomic mass is 9.99. The van der Waals surface area contributed by atoms with Crippen LogP contribution < -0.4 is 10.2 Å². The van der Waals surface area contributed by atoms with Gasteiger partial charge in [0.2, 0.25) is 0 Å². The third-order valence-electron chi connectivity index (χ3n) is 4.35. The number of ether oxygens (including phenoxy) is 1. The predicted molar refractivity (Wildman–Crippen MR) is 107 cm³/mol. The Hall–Kier alpha value is -2.62. The van der Waals surface area contributed by atoms with E-state index in [1.807, 2.05) is 68.4 Å². The largest absolute Gasteiger partial charge is 0.484 e. The molecule has 0 aliphatic rings. The van der Waals surface area contributed by atoms with Gasteiger partial charge in [0.1, 0.15) is 5.75 Å². The third kappa shape index (κ3) is 5.73. The summed E-state index contributed by atoms with van der Waals surface area (Å²) in [6, 6.07) is 17.8. The molecule has 0 heterocycles. The maximum Gasteiger partial charge on any atom is 0.277 e. The minimum atomic E-state index is -0.273. The fraction of sp³-hybridized carbons (Fsp3) is 0.364. The lowest BCUT2D eigenvalue weighted by molar-refractivity contribution is -0.123. The Morgan fingerprint density at radius 1 is 1.04 bits per heavy atom. The van der Waals surface area contributed by atoms with Gasteiger partial charge in [-0.3, -0.25) is 4.79 Å². The summed E-state index contributed by atoms with van der Waals surface area (Å²) in [5.74, 6) is 1.13. The van der Waals surface area contributed by atoms with E-state index in [4.69, 9.17) is 4.74 Å². The zero-order valence-electron chi connectivity index (χ0n) is 16.0. The molecule has 0 spiro atoms. The highest BCUT2D eigenvalue weighted by atomic mass is 16.5. The first-order valence-corrected chi connectivity index (χ1v) is 9.15. The van der Waals surface area contributed by atoms with Gasteiger partial charge in [0, 0.05) is 0 Å². The van der Waals surface area contributed by atoms with Crippen molar-refractivity contribution in [3.63, 3.8) is 0 Å². The van der Waals surface area contributed by atoms with Crippen LogP contribution >= 0.6 is 0 Å². The lowest BCUT2D eigenvalue weighted by Gasteiger charge is -2.12. The summed E-state index contributed by atoms with van der Waals surface area (Å²) < 4.78 is 5.55. The number of hydrogen-bond acceptors (Lipinski definition) is 3. The van der Waals surface area contributed by atoms with Crippen LogP contribution in [-0.2, 0) is 4.79 Å². The van der Waals surface area contributed by atoms with E-state index in [-0.39, 0.29) is 18.4 Å². The molecule has 2 aromatic carbocycles. The van der Waals surface area contributed by atoms with Gasteiger partial charge in [-0.1, -0.05) is 70.2 Å². The van der Waals surface area contributed by atoms with E-state index in [1.54, 1.807) is 0 Å². The van der Waals surface area contributed by atoms with Crippen LogP contribution in [0.2, 0.25) is 0 Å². The Morgan fingerprint density at radius 3 is 2.27 bits per heavy atom. The Balaban J connectivity index is 1.91. The maximum absolute atomic E-state index is 12.1. The minimum absolute atomic E-state index is 0.0632. The molecule has 4 heteroatoms. The summed E-state index contributed by atoms with van der Waals surface area (Å²) >= 11 is 0. The molecule has 4 nitrogen and oxygen atoms in total. The molecule has 0 fully saturated rings. The van der Waals surface area contributed by atoms with Gasteiger partial charge in [-0.25, -0.2) is 5.43 Å². The number of rotatable bonds is 8. The first-order chi connectivity index (χ1) is 12.5. The normalized spacial score (nSPS) is 12.7. The summed E-state index contributed by atoms with van der Waals surface area (Å²) in [5.41, 5.74) is 5.72. The Bertz CT molecular complexity index is 722. The summed E-state index contributed by atoms with van der Waals surface area (Å²) in [6.07, 6.45) is 1.10. The van der Waals surface area contributed by atoms with Crippen LogP contribution in [0.25, 0.3) is 0 Å². The number of amides is 1. The van der Waals surface area contributed by atoms with Crippen LogP contribution in [0.1, 0.15) is 51.2 Å². The third-order valence-corrected chi connectivity index (χ3v) is 4.35. The van der Waals surface area contributed by atoms with Gasteiger partial charge in [0.05, 0.1) is 5.71 Å². The van der Waals surface area contributed by atoms with E-state index in [1.165, 1.54) is 5.56 Å². The van der Waals surface area contributed by atoms with Crippen molar-refractivity contribution in [2.24, 2.45) is 11.0 Å². The highest BCUT2D eigenvalue weighted by molar-refractivity contribution is 6.02. The monoisotopic (exact) mass is 352 g/mol. The van der Waals surface area contributed by atoms with Crippen LogP contribution in [0, 0.1) is 5.92 Å². The van der Waals surface area contributed by atoms with Gasteiger partial charge >= 0.3 is 0 Å². The van der Waals surface area contributed by atoms with Crippen molar-refractivity contribution in [3.8, 4) is 5.75 Å². The van der Waals surface area contributed by atoms with Crippen molar-refractivity contribution >= 4 is 11.6 Å². The molecule has 0 saturated heterocycles. The molecule has 2 rings (SSSR count). The SMILES string of the molecule is CCC(C)c1ccc(OCC(=O)NN=C(c2ccccc2)C(C)C)cc1. The van der Waals surface area contributed by atoms with Crippen LogP contribution in [0.4, 0.5) is 0 Å². The summed E-state index contributed by atoms with van der Waals surface area (Å²) in [5, 5.41) is 4.29. The van der Waals surface area contributed by atoms with Gasteiger partial charge in [0.15, 0.2) is 6.61 Å². The molecule has 1 N–H and O–H groups in total. The Kier molecular flexibility index (Phi) is 7.39. The van der Waals surface area contributed by atoms with Gasteiger partial charge in [-0.2, -0.15) is 5.10 Å². The van der Waals surface area contributed by atoms with E-state index < -0.39 is 0 Å². The quantitative estimate of drug-likeness (QED) is 0.550. The number of hydrazone groups is 1. The molecule has 26 heavy (non-hydrogen) atoms. The number of nitrogens with zero attached hydrogens (tertiary/aromatic N) is 1. The first-order valence-electron chi connectivity index (χ1n) is 9.15. The van der Waals surface area contributed by atoms with Gasteiger partial charge in [-0.05, 0) is 41.5 Å². The average molecular weight is 352 g/mol. The highest BCUT2D eigenvalue weighted by Crippen LogP contribution is 2.21. The van der Waals surface area contributed by atoms with E-state index in [0.717, 1.165) is 17.7 Å². The van der Waals surface area contributed by atoms with E-state index in [2.05, 4.69) is 24.4 Å². The fourth-order valence-electron chi connectivity index (χ4n) is 2.57. The zero-order valence-corrected chi connectivity index (χ0v) is 16.0. The standard InChI is InChI=1S/C22H28N2O2/c1-5-17(4)18-11-13-20(14-12-18)26-15-21(25)23-24-22(16(2)3)19-9-7-6-8-10-19/h6-14,16-17H,5,15H2,1-4H3,(H,23,25). The molecule has 0 aliphatic heterocycles. The van der Waals surface area contributed by atoms with Crippen molar-refractivity contribution in [2.45, 2.75) is 40.0 Å². The van der Waals surface area contributed by atoms with E-state index in [0.29, 0.717) is 11.7 Å².